The Bertz CT molecular complexity index is 685. The average molecular weight is 306 g/mol. The zero-order valence-electron chi connectivity index (χ0n) is 12.1. The highest BCUT2D eigenvalue weighted by atomic mass is 32.2. The standard InChI is InChI=1S/C14H18N4O2S/c1-3-8-6-20-7-11(8)18-10(12(15)19)4-9-5-16-14(21-2)17-13(9)18/h4-5,8,11H,3,6-7H2,1-2H3,(H2,15,19). The van der Waals surface area contributed by atoms with Crippen molar-refractivity contribution in [2.45, 2.75) is 24.5 Å². The van der Waals surface area contributed by atoms with Crippen molar-refractivity contribution in [2.24, 2.45) is 11.7 Å². The number of amides is 1. The fraction of sp³-hybridized carbons (Fsp3) is 0.500. The highest BCUT2D eigenvalue weighted by molar-refractivity contribution is 7.98. The monoisotopic (exact) mass is 306 g/mol. The lowest BCUT2D eigenvalue weighted by atomic mass is 10.0. The highest BCUT2D eigenvalue weighted by Gasteiger charge is 2.32. The van der Waals surface area contributed by atoms with Crippen LogP contribution in [0.3, 0.4) is 0 Å². The highest BCUT2D eigenvalue weighted by Crippen LogP contribution is 2.33. The SMILES string of the molecule is CCC1COCC1n1c(C(N)=O)cc2cnc(SC)nc21. The Morgan fingerprint density at radius 1 is 1.57 bits per heavy atom. The van der Waals surface area contributed by atoms with Crippen molar-refractivity contribution in [3.63, 3.8) is 0 Å². The molecule has 0 radical (unpaired) electrons. The van der Waals surface area contributed by atoms with Crippen LogP contribution in [0.1, 0.15) is 29.9 Å². The number of primary amides is 1. The number of nitrogens with zero attached hydrogens (tertiary/aromatic N) is 3. The third-order valence-corrected chi connectivity index (χ3v) is 4.57. The van der Waals surface area contributed by atoms with Gasteiger partial charge in [0.25, 0.3) is 5.91 Å². The van der Waals surface area contributed by atoms with Gasteiger partial charge in [-0.25, -0.2) is 9.97 Å². The minimum atomic E-state index is -0.444. The Morgan fingerprint density at radius 2 is 2.38 bits per heavy atom. The van der Waals surface area contributed by atoms with Crippen LogP contribution >= 0.6 is 11.8 Å². The first-order valence-electron chi connectivity index (χ1n) is 6.95. The number of fused-ring (bicyclic) bond motifs is 1. The van der Waals surface area contributed by atoms with Gasteiger partial charge in [-0.15, -0.1) is 0 Å². The molecule has 0 spiro atoms. The predicted molar refractivity (Wildman–Crippen MR) is 81.5 cm³/mol. The smallest absolute Gasteiger partial charge is 0.265 e. The zero-order chi connectivity index (χ0) is 15.0. The molecule has 1 fully saturated rings. The van der Waals surface area contributed by atoms with Crippen LogP contribution in [0.15, 0.2) is 17.4 Å². The largest absolute Gasteiger partial charge is 0.379 e. The van der Waals surface area contributed by atoms with E-state index < -0.39 is 5.91 Å². The molecule has 2 unspecified atom stereocenters. The molecule has 2 aromatic heterocycles. The normalized spacial score (nSPS) is 22.0. The van der Waals surface area contributed by atoms with Gasteiger partial charge >= 0.3 is 0 Å². The number of carbonyl (C=O) groups is 1. The summed E-state index contributed by atoms with van der Waals surface area (Å²) in [5.41, 5.74) is 6.79. The van der Waals surface area contributed by atoms with Crippen LogP contribution in [0.4, 0.5) is 0 Å². The molecular weight excluding hydrogens is 288 g/mol. The van der Waals surface area contributed by atoms with Gasteiger partial charge in [0, 0.05) is 17.5 Å². The molecule has 0 bridgehead atoms. The molecule has 112 valence electrons. The van der Waals surface area contributed by atoms with Crippen LogP contribution in [-0.2, 0) is 4.74 Å². The van der Waals surface area contributed by atoms with Gasteiger partial charge in [0.1, 0.15) is 11.3 Å². The number of hydrogen-bond acceptors (Lipinski definition) is 5. The second kappa shape index (κ2) is 5.65. The molecule has 2 atom stereocenters. The van der Waals surface area contributed by atoms with E-state index in [1.807, 2.05) is 10.8 Å². The van der Waals surface area contributed by atoms with Gasteiger partial charge < -0.3 is 15.0 Å². The quantitative estimate of drug-likeness (QED) is 0.688. The Labute approximate surface area is 127 Å². The minimum absolute atomic E-state index is 0.0969. The molecule has 0 saturated carbocycles. The summed E-state index contributed by atoms with van der Waals surface area (Å²) in [6.45, 7) is 3.42. The van der Waals surface area contributed by atoms with Crippen molar-refractivity contribution in [3.8, 4) is 0 Å². The molecule has 1 aliphatic rings. The van der Waals surface area contributed by atoms with Crippen molar-refractivity contribution < 1.29 is 9.53 Å². The molecular formula is C14H18N4O2S. The molecule has 1 aliphatic heterocycles. The van der Waals surface area contributed by atoms with Crippen molar-refractivity contribution >= 4 is 28.7 Å². The van der Waals surface area contributed by atoms with Crippen LogP contribution in [0.2, 0.25) is 0 Å². The maximum Gasteiger partial charge on any atom is 0.265 e. The molecule has 1 amide bonds. The second-order valence-corrected chi connectivity index (χ2v) is 5.95. The van der Waals surface area contributed by atoms with Gasteiger partial charge in [-0.2, -0.15) is 0 Å². The number of nitrogens with two attached hydrogens (primary N) is 1. The Morgan fingerprint density at radius 3 is 3.05 bits per heavy atom. The van der Waals surface area contributed by atoms with E-state index in [4.69, 9.17) is 10.5 Å². The summed E-state index contributed by atoms with van der Waals surface area (Å²) in [4.78, 5) is 20.6. The van der Waals surface area contributed by atoms with E-state index in [-0.39, 0.29) is 6.04 Å². The maximum atomic E-state index is 11.8. The van der Waals surface area contributed by atoms with Crippen molar-refractivity contribution in [1.29, 1.82) is 0 Å². The molecule has 2 aromatic rings. The Balaban J connectivity index is 2.21. The third kappa shape index (κ3) is 2.40. The van der Waals surface area contributed by atoms with Gasteiger partial charge in [0.05, 0.1) is 19.3 Å². The first-order chi connectivity index (χ1) is 10.2. The lowest BCUT2D eigenvalue weighted by molar-refractivity contribution is 0.0988. The van der Waals surface area contributed by atoms with Gasteiger partial charge in [0.15, 0.2) is 5.16 Å². The summed E-state index contributed by atoms with van der Waals surface area (Å²) >= 11 is 1.48. The minimum Gasteiger partial charge on any atom is -0.379 e. The molecule has 3 rings (SSSR count). The molecule has 1 saturated heterocycles. The maximum absolute atomic E-state index is 11.8. The van der Waals surface area contributed by atoms with Crippen molar-refractivity contribution in [2.75, 3.05) is 19.5 Å². The third-order valence-electron chi connectivity index (χ3n) is 4.01. The Hall–Kier alpha value is -1.60. The number of carbonyl (C=O) groups excluding carboxylic acids is 1. The summed E-state index contributed by atoms with van der Waals surface area (Å²) < 4.78 is 7.55. The zero-order valence-corrected chi connectivity index (χ0v) is 12.9. The van der Waals surface area contributed by atoms with Crippen LogP contribution < -0.4 is 5.73 Å². The van der Waals surface area contributed by atoms with E-state index in [1.54, 1.807) is 12.3 Å². The van der Waals surface area contributed by atoms with Crippen LogP contribution in [0, 0.1) is 5.92 Å². The molecule has 3 heterocycles. The van der Waals surface area contributed by atoms with Crippen LogP contribution in [-0.4, -0.2) is 39.9 Å². The van der Waals surface area contributed by atoms with E-state index in [0.29, 0.717) is 30.0 Å². The lowest BCUT2D eigenvalue weighted by Crippen LogP contribution is -2.24. The fourth-order valence-electron chi connectivity index (χ4n) is 2.88. The van der Waals surface area contributed by atoms with Crippen molar-refractivity contribution in [3.05, 3.63) is 18.0 Å². The average Bonchev–Trinajstić information content (AvgIpc) is 3.09. The van der Waals surface area contributed by atoms with Crippen LogP contribution in [0.25, 0.3) is 11.0 Å². The molecule has 21 heavy (non-hydrogen) atoms. The first kappa shape index (κ1) is 14.3. The summed E-state index contributed by atoms with van der Waals surface area (Å²) in [5.74, 6) is -0.0770. The number of aromatic nitrogens is 3. The number of ether oxygens (including phenoxy) is 1. The van der Waals surface area contributed by atoms with Gasteiger partial charge in [-0.3, -0.25) is 4.79 Å². The van der Waals surface area contributed by atoms with Crippen molar-refractivity contribution in [1.82, 2.24) is 14.5 Å². The van der Waals surface area contributed by atoms with Gasteiger partial charge in [-0.05, 0) is 18.7 Å². The lowest BCUT2D eigenvalue weighted by Gasteiger charge is -2.20. The molecule has 2 N–H and O–H groups in total. The van der Waals surface area contributed by atoms with E-state index in [9.17, 15) is 4.79 Å². The van der Waals surface area contributed by atoms with Crippen LogP contribution in [0.5, 0.6) is 0 Å². The molecule has 0 aromatic carbocycles. The van der Waals surface area contributed by atoms with E-state index in [0.717, 1.165) is 17.5 Å². The fourth-order valence-corrected chi connectivity index (χ4v) is 3.21. The number of thioether (sulfide) groups is 1. The topological polar surface area (TPSA) is 83.0 Å². The van der Waals surface area contributed by atoms with Gasteiger partial charge in [0.2, 0.25) is 0 Å². The summed E-state index contributed by atoms with van der Waals surface area (Å²) in [5, 5.41) is 1.52. The summed E-state index contributed by atoms with van der Waals surface area (Å²) in [6.07, 6.45) is 4.66. The second-order valence-electron chi connectivity index (χ2n) is 5.17. The predicted octanol–water partition coefficient (Wildman–Crippen LogP) is 1.85. The number of hydrogen-bond donors (Lipinski definition) is 1. The molecule has 7 heteroatoms. The van der Waals surface area contributed by atoms with Gasteiger partial charge in [-0.1, -0.05) is 18.7 Å². The molecule has 6 nitrogen and oxygen atoms in total. The summed E-state index contributed by atoms with van der Waals surface area (Å²) in [6, 6.07) is 1.87. The first-order valence-corrected chi connectivity index (χ1v) is 8.17. The summed E-state index contributed by atoms with van der Waals surface area (Å²) in [7, 11) is 0. The Kier molecular flexibility index (Phi) is 3.86. The number of rotatable bonds is 4. The van der Waals surface area contributed by atoms with E-state index in [2.05, 4.69) is 16.9 Å². The van der Waals surface area contributed by atoms with E-state index in [1.165, 1.54) is 11.8 Å². The van der Waals surface area contributed by atoms with E-state index >= 15 is 0 Å². The molecule has 0 aliphatic carbocycles.